The van der Waals surface area contributed by atoms with Gasteiger partial charge in [-0.1, -0.05) is 12.1 Å². The summed E-state index contributed by atoms with van der Waals surface area (Å²) < 4.78 is 5.45. The number of aromatic nitrogens is 3. The number of para-hydroxylation sites is 1. The first-order chi connectivity index (χ1) is 10.8. The summed E-state index contributed by atoms with van der Waals surface area (Å²) in [4.78, 5) is 3.20. The third-order valence-corrected chi connectivity index (χ3v) is 4.31. The summed E-state index contributed by atoms with van der Waals surface area (Å²) in [6, 6.07) is 9.22. The van der Waals surface area contributed by atoms with Crippen LogP contribution in [0.1, 0.15) is 24.3 Å². The Labute approximate surface area is 128 Å². The zero-order chi connectivity index (χ0) is 14.9. The number of rotatable bonds is 2. The molecule has 0 unspecified atom stereocenters. The molecule has 5 heteroatoms. The van der Waals surface area contributed by atoms with E-state index in [0.29, 0.717) is 17.2 Å². The van der Waals surface area contributed by atoms with Gasteiger partial charge in [0.15, 0.2) is 5.65 Å². The molecule has 5 nitrogen and oxygen atoms in total. The van der Waals surface area contributed by atoms with Crippen LogP contribution in [0.3, 0.4) is 0 Å². The summed E-state index contributed by atoms with van der Waals surface area (Å²) in [6.45, 7) is 1.62. The van der Waals surface area contributed by atoms with Crippen molar-refractivity contribution in [3.8, 4) is 17.0 Å². The first-order valence-corrected chi connectivity index (χ1v) is 7.54. The number of H-pyrrole nitrogens is 1. The minimum atomic E-state index is 0.222. The predicted octanol–water partition coefficient (Wildman–Crippen LogP) is 3.22. The molecule has 0 saturated carbocycles. The molecule has 1 fully saturated rings. The molecule has 4 rings (SSSR count). The number of aromatic hydroxyl groups is 1. The molecule has 3 aromatic rings. The van der Waals surface area contributed by atoms with Crippen molar-refractivity contribution in [2.45, 2.75) is 18.8 Å². The van der Waals surface area contributed by atoms with E-state index in [1.54, 1.807) is 12.1 Å². The Morgan fingerprint density at radius 3 is 2.77 bits per heavy atom. The van der Waals surface area contributed by atoms with Gasteiger partial charge in [0, 0.05) is 30.4 Å². The number of nitrogens with zero attached hydrogens (tertiary/aromatic N) is 2. The van der Waals surface area contributed by atoms with Crippen molar-refractivity contribution >= 4 is 11.0 Å². The van der Waals surface area contributed by atoms with Crippen molar-refractivity contribution in [3.05, 3.63) is 42.1 Å². The van der Waals surface area contributed by atoms with Crippen molar-refractivity contribution in [1.29, 1.82) is 0 Å². The van der Waals surface area contributed by atoms with E-state index in [1.165, 1.54) is 5.56 Å². The SMILES string of the molecule is Oc1ccccc1-c1cc2c(C3CCOCC3)c[nH]c2nn1. The fourth-order valence-corrected chi connectivity index (χ4v) is 3.11. The molecule has 1 aliphatic rings. The van der Waals surface area contributed by atoms with Crippen LogP contribution in [0.4, 0.5) is 0 Å². The highest BCUT2D eigenvalue weighted by molar-refractivity contribution is 5.84. The van der Waals surface area contributed by atoms with Gasteiger partial charge in [-0.3, -0.25) is 0 Å². The number of hydrogen-bond acceptors (Lipinski definition) is 4. The lowest BCUT2D eigenvalue weighted by atomic mass is 9.91. The predicted molar refractivity (Wildman–Crippen MR) is 83.8 cm³/mol. The summed E-state index contributed by atoms with van der Waals surface area (Å²) in [5.74, 6) is 0.711. The van der Waals surface area contributed by atoms with E-state index in [4.69, 9.17) is 4.74 Å². The summed E-state index contributed by atoms with van der Waals surface area (Å²) >= 11 is 0. The number of nitrogens with one attached hydrogen (secondary N) is 1. The summed E-state index contributed by atoms with van der Waals surface area (Å²) in [5.41, 5.74) is 3.46. The minimum absolute atomic E-state index is 0.222. The van der Waals surface area contributed by atoms with Gasteiger partial charge in [-0.05, 0) is 42.5 Å². The lowest BCUT2D eigenvalue weighted by Crippen LogP contribution is -2.13. The average molecular weight is 295 g/mol. The second kappa shape index (κ2) is 5.42. The second-order valence-corrected chi connectivity index (χ2v) is 5.64. The van der Waals surface area contributed by atoms with Crippen LogP contribution in [0, 0.1) is 0 Å². The van der Waals surface area contributed by atoms with Gasteiger partial charge in [0.05, 0.1) is 5.69 Å². The largest absolute Gasteiger partial charge is 0.507 e. The van der Waals surface area contributed by atoms with E-state index in [2.05, 4.69) is 15.2 Å². The van der Waals surface area contributed by atoms with Gasteiger partial charge in [0.2, 0.25) is 0 Å². The van der Waals surface area contributed by atoms with Crippen molar-refractivity contribution < 1.29 is 9.84 Å². The Hall–Kier alpha value is -2.40. The first-order valence-electron chi connectivity index (χ1n) is 7.54. The van der Waals surface area contributed by atoms with E-state index < -0.39 is 0 Å². The minimum Gasteiger partial charge on any atom is -0.507 e. The number of phenolic OH excluding ortho intramolecular Hbond substituents is 1. The van der Waals surface area contributed by atoms with Crippen LogP contribution in [0.25, 0.3) is 22.3 Å². The molecule has 22 heavy (non-hydrogen) atoms. The molecule has 0 radical (unpaired) electrons. The Kier molecular flexibility index (Phi) is 3.27. The normalized spacial score (nSPS) is 16.2. The van der Waals surface area contributed by atoms with Crippen LogP contribution in [0.5, 0.6) is 5.75 Å². The number of benzene rings is 1. The molecule has 0 amide bonds. The Morgan fingerprint density at radius 2 is 1.95 bits per heavy atom. The molecule has 112 valence electrons. The van der Waals surface area contributed by atoms with E-state index in [1.807, 2.05) is 24.4 Å². The lowest BCUT2D eigenvalue weighted by molar-refractivity contribution is 0.0856. The van der Waals surface area contributed by atoms with Gasteiger partial charge >= 0.3 is 0 Å². The molecule has 0 atom stereocenters. The third kappa shape index (κ3) is 2.23. The van der Waals surface area contributed by atoms with Gasteiger partial charge in [-0.2, -0.15) is 0 Å². The maximum Gasteiger partial charge on any atom is 0.160 e. The molecule has 2 N–H and O–H groups in total. The van der Waals surface area contributed by atoms with E-state index in [-0.39, 0.29) is 5.75 Å². The number of hydrogen-bond donors (Lipinski definition) is 2. The molecule has 1 saturated heterocycles. The zero-order valence-electron chi connectivity index (χ0n) is 12.1. The standard InChI is InChI=1S/C17H17N3O2/c21-16-4-2-1-3-12(16)15-9-13-14(10-18-17(13)20-19-15)11-5-7-22-8-6-11/h1-4,9-11,21H,5-8H2,(H,18,20). The van der Waals surface area contributed by atoms with E-state index in [0.717, 1.165) is 37.1 Å². The Balaban J connectivity index is 1.81. The van der Waals surface area contributed by atoms with Gasteiger partial charge in [0.1, 0.15) is 5.75 Å². The third-order valence-electron chi connectivity index (χ3n) is 4.31. The van der Waals surface area contributed by atoms with Gasteiger partial charge in [-0.25, -0.2) is 0 Å². The number of ether oxygens (including phenoxy) is 1. The molecular formula is C17H17N3O2. The maximum absolute atomic E-state index is 10.0. The molecule has 1 aliphatic heterocycles. The molecule has 2 aromatic heterocycles. The highest BCUT2D eigenvalue weighted by Gasteiger charge is 2.20. The summed E-state index contributed by atoms with van der Waals surface area (Å²) in [6.07, 6.45) is 4.09. The fourth-order valence-electron chi connectivity index (χ4n) is 3.11. The van der Waals surface area contributed by atoms with Crippen LogP contribution in [0.2, 0.25) is 0 Å². The van der Waals surface area contributed by atoms with Gasteiger partial charge in [0.25, 0.3) is 0 Å². The number of aromatic amines is 1. The monoisotopic (exact) mass is 295 g/mol. The molecule has 0 spiro atoms. The quantitative estimate of drug-likeness (QED) is 0.761. The van der Waals surface area contributed by atoms with Crippen LogP contribution in [-0.4, -0.2) is 33.5 Å². The molecular weight excluding hydrogens is 278 g/mol. The van der Waals surface area contributed by atoms with Crippen molar-refractivity contribution in [1.82, 2.24) is 15.2 Å². The molecule has 0 bridgehead atoms. The Morgan fingerprint density at radius 1 is 1.14 bits per heavy atom. The van der Waals surface area contributed by atoms with Crippen molar-refractivity contribution in [2.24, 2.45) is 0 Å². The fraction of sp³-hybridized carbons (Fsp3) is 0.294. The smallest absolute Gasteiger partial charge is 0.160 e. The average Bonchev–Trinajstić information content (AvgIpc) is 2.99. The second-order valence-electron chi connectivity index (χ2n) is 5.64. The highest BCUT2D eigenvalue weighted by Crippen LogP contribution is 2.34. The number of phenols is 1. The summed E-state index contributed by atoms with van der Waals surface area (Å²) in [7, 11) is 0. The maximum atomic E-state index is 10.0. The summed E-state index contributed by atoms with van der Waals surface area (Å²) in [5, 5.41) is 19.6. The van der Waals surface area contributed by atoms with Gasteiger partial charge < -0.3 is 14.8 Å². The lowest BCUT2D eigenvalue weighted by Gasteiger charge is -2.21. The first kappa shape index (κ1) is 13.3. The van der Waals surface area contributed by atoms with Crippen molar-refractivity contribution in [2.75, 3.05) is 13.2 Å². The highest BCUT2D eigenvalue weighted by atomic mass is 16.5. The Bertz CT molecular complexity index is 807. The van der Waals surface area contributed by atoms with Gasteiger partial charge in [-0.15, -0.1) is 10.2 Å². The van der Waals surface area contributed by atoms with Crippen LogP contribution >= 0.6 is 0 Å². The van der Waals surface area contributed by atoms with Crippen LogP contribution in [0.15, 0.2) is 36.5 Å². The van der Waals surface area contributed by atoms with Crippen molar-refractivity contribution in [3.63, 3.8) is 0 Å². The van der Waals surface area contributed by atoms with Crippen LogP contribution < -0.4 is 0 Å². The topological polar surface area (TPSA) is 71.0 Å². The molecule has 3 heterocycles. The molecule has 0 aliphatic carbocycles. The van der Waals surface area contributed by atoms with E-state index in [9.17, 15) is 5.11 Å². The van der Waals surface area contributed by atoms with Crippen LogP contribution in [-0.2, 0) is 4.74 Å². The molecule has 1 aromatic carbocycles. The number of fused-ring (bicyclic) bond motifs is 1. The van der Waals surface area contributed by atoms with E-state index >= 15 is 0 Å². The zero-order valence-corrected chi connectivity index (χ0v) is 12.1.